The van der Waals surface area contributed by atoms with Gasteiger partial charge in [-0.2, -0.15) is 0 Å². The number of likely N-dealkylation sites (tertiary alicyclic amines) is 1. The first-order valence-electron chi connectivity index (χ1n) is 6.73. The number of aryl methyl sites for hydroxylation is 1. The molecule has 1 aliphatic heterocycles. The Labute approximate surface area is 119 Å². The molecule has 0 radical (unpaired) electrons. The van der Waals surface area contributed by atoms with Gasteiger partial charge in [-0.25, -0.2) is 8.42 Å². The molecule has 1 fully saturated rings. The van der Waals surface area contributed by atoms with Gasteiger partial charge in [-0.15, -0.1) is 0 Å². The van der Waals surface area contributed by atoms with E-state index in [-0.39, 0.29) is 10.8 Å². The van der Waals surface area contributed by atoms with Crippen LogP contribution in [0.15, 0.2) is 23.1 Å². The van der Waals surface area contributed by atoms with Crippen LogP contribution in [-0.4, -0.2) is 37.6 Å². The van der Waals surface area contributed by atoms with Gasteiger partial charge in [0.1, 0.15) is 5.25 Å². The molecule has 0 aromatic heterocycles. The summed E-state index contributed by atoms with van der Waals surface area (Å²) in [5.41, 5.74) is 6.73. The number of sulfone groups is 1. The molecular formula is C14H20N2O3S. The van der Waals surface area contributed by atoms with Crippen molar-refractivity contribution in [2.24, 2.45) is 0 Å². The van der Waals surface area contributed by atoms with Gasteiger partial charge in [0.15, 0.2) is 9.84 Å². The monoisotopic (exact) mass is 296 g/mol. The number of benzene rings is 1. The Morgan fingerprint density at radius 1 is 1.30 bits per heavy atom. The summed E-state index contributed by atoms with van der Waals surface area (Å²) in [6.45, 7) is 4.46. The summed E-state index contributed by atoms with van der Waals surface area (Å²) >= 11 is 0. The van der Waals surface area contributed by atoms with Crippen LogP contribution < -0.4 is 5.73 Å². The topological polar surface area (TPSA) is 80.5 Å². The third-order valence-electron chi connectivity index (χ3n) is 3.74. The number of nitrogen functional groups attached to an aromatic ring is 1. The lowest BCUT2D eigenvalue weighted by Crippen LogP contribution is -2.40. The van der Waals surface area contributed by atoms with Crippen molar-refractivity contribution in [3.05, 3.63) is 23.8 Å². The number of hydrogen-bond donors (Lipinski definition) is 1. The van der Waals surface area contributed by atoms with Crippen LogP contribution in [0.1, 0.15) is 25.3 Å². The SMILES string of the molecule is Cc1cc(N)ccc1S(=O)(=O)C(C)C(=O)N1CCCC1. The van der Waals surface area contributed by atoms with Gasteiger partial charge in [0, 0.05) is 18.8 Å². The quantitative estimate of drug-likeness (QED) is 0.854. The lowest BCUT2D eigenvalue weighted by Gasteiger charge is -2.21. The van der Waals surface area contributed by atoms with E-state index in [1.54, 1.807) is 24.0 Å². The lowest BCUT2D eigenvalue weighted by molar-refractivity contribution is -0.129. The van der Waals surface area contributed by atoms with Gasteiger partial charge >= 0.3 is 0 Å². The molecule has 1 aromatic carbocycles. The molecular weight excluding hydrogens is 276 g/mol. The number of nitrogens with two attached hydrogens (primary N) is 1. The summed E-state index contributed by atoms with van der Waals surface area (Å²) in [5.74, 6) is -0.307. The second-order valence-corrected chi connectivity index (χ2v) is 7.48. The van der Waals surface area contributed by atoms with Crippen LogP contribution >= 0.6 is 0 Å². The maximum atomic E-state index is 12.6. The Morgan fingerprint density at radius 3 is 2.45 bits per heavy atom. The van der Waals surface area contributed by atoms with Crippen molar-refractivity contribution in [3.8, 4) is 0 Å². The third kappa shape index (κ3) is 2.65. The molecule has 5 nitrogen and oxygen atoms in total. The number of carbonyl (C=O) groups excluding carboxylic acids is 1. The number of anilines is 1. The van der Waals surface area contributed by atoms with E-state index >= 15 is 0 Å². The van der Waals surface area contributed by atoms with Crippen molar-refractivity contribution >= 4 is 21.4 Å². The van der Waals surface area contributed by atoms with Crippen LogP contribution in [-0.2, 0) is 14.6 Å². The Morgan fingerprint density at radius 2 is 1.90 bits per heavy atom. The molecule has 20 heavy (non-hydrogen) atoms. The molecule has 1 heterocycles. The fourth-order valence-corrected chi connectivity index (χ4v) is 4.07. The van der Waals surface area contributed by atoms with Crippen LogP contribution in [0, 0.1) is 6.92 Å². The first-order valence-corrected chi connectivity index (χ1v) is 8.27. The van der Waals surface area contributed by atoms with Gasteiger partial charge in [0.05, 0.1) is 4.90 Å². The highest BCUT2D eigenvalue weighted by Gasteiger charge is 2.34. The van der Waals surface area contributed by atoms with E-state index in [2.05, 4.69) is 0 Å². The summed E-state index contributed by atoms with van der Waals surface area (Å²) < 4.78 is 25.1. The molecule has 0 aliphatic carbocycles. The van der Waals surface area contributed by atoms with Crippen LogP contribution in [0.2, 0.25) is 0 Å². The highest BCUT2D eigenvalue weighted by atomic mass is 32.2. The standard InChI is InChI=1S/C14H20N2O3S/c1-10-9-12(15)5-6-13(10)20(18,19)11(2)14(17)16-7-3-4-8-16/h5-6,9,11H,3-4,7-8,15H2,1-2H3. The van der Waals surface area contributed by atoms with Crippen molar-refractivity contribution in [3.63, 3.8) is 0 Å². The molecule has 2 rings (SSSR count). The minimum absolute atomic E-state index is 0.187. The van der Waals surface area contributed by atoms with Gasteiger partial charge < -0.3 is 10.6 Å². The maximum Gasteiger partial charge on any atom is 0.241 e. The highest BCUT2D eigenvalue weighted by Crippen LogP contribution is 2.24. The number of rotatable bonds is 3. The molecule has 0 saturated carbocycles. The summed E-state index contributed by atoms with van der Waals surface area (Å²) in [6, 6.07) is 4.64. The van der Waals surface area contributed by atoms with Crippen molar-refractivity contribution in [2.45, 2.75) is 36.8 Å². The molecule has 1 unspecified atom stereocenters. The molecule has 1 saturated heterocycles. The summed E-state index contributed by atoms with van der Waals surface area (Å²) in [4.78, 5) is 14.1. The van der Waals surface area contributed by atoms with Crippen LogP contribution in [0.25, 0.3) is 0 Å². The Kier molecular flexibility index (Phi) is 4.04. The van der Waals surface area contributed by atoms with Crippen molar-refractivity contribution in [2.75, 3.05) is 18.8 Å². The fourth-order valence-electron chi connectivity index (χ4n) is 2.51. The van der Waals surface area contributed by atoms with Gasteiger partial charge in [0.25, 0.3) is 0 Å². The second-order valence-electron chi connectivity index (χ2n) is 5.24. The maximum absolute atomic E-state index is 12.6. The van der Waals surface area contributed by atoms with Crippen LogP contribution in [0.5, 0.6) is 0 Å². The van der Waals surface area contributed by atoms with E-state index in [1.165, 1.54) is 13.0 Å². The van der Waals surface area contributed by atoms with Crippen LogP contribution in [0.4, 0.5) is 5.69 Å². The van der Waals surface area contributed by atoms with E-state index < -0.39 is 15.1 Å². The van der Waals surface area contributed by atoms with Crippen LogP contribution in [0.3, 0.4) is 0 Å². The van der Waals surface area contributed by atoms with Gasteiger partial charge in [0.2, 0.25) is 5.91 Å². The van der Waals surface area contributed by atoms with Gasteiger partial charge in [-0.3, -0.25) is 4.79 Å². The molecule has 1 aliphatic rings. The van der Waals surface area contributed by atoms with Crippen molar-refractivity contribution in [1.29, 1.82) is 0 Å². The number of carbonyl (C=O) groups is 1. The summed E-state index contributed by atoms with van der Waals surface area (Å²) in [5, 5.41) is -1.05. The number of amides is 1. The lowest BCUT2D eigenvalue weighted by atomic mass is 10.2. The van der Waals surface area contributed by atoms with Gasteiger partial charge in [-0.1, -0.05) is 0 Å². The first kappa shape index (κ1) is 14.8. The molecule has 110 valence electrons. The smallest absolute Gasteiger partial charge is 0.241 e. The minimum Gasteiger partial charge on any atom is -0.399 e. The predicted octanol–water partition coefficient (Wildman–Crippen LogP) is 1.36. The van der Waals surface area contributed by atoms with E-state index in [4.69, 9.17) is 5.73 Å². The van der Waals surface area contributed by atoms with E-state index in [9.17, 15) is 13.2 Å². The zero-order valence-corrected chi connectivity index (χ0v) is 12.6. The summed E-state index contributed by atoms with van der Waals surface area (Å²) in [6.07, 6.45) is 1.89. The number of hydrogen-bond acceptors (Lipinski definition) is 4. The minimum atomic E-state index is -3.67. The molecule has 6 heteroatoms. The predicted molar refractivity (Wildman–Crippen MR) is 78.1 cm³/mol. The zero-order valence-electron chi connectivity index (χ0n) is 11.8. The van der Waals surface area contributed by atoms with Gasteiger partial charge in [-0.05, 0) is 50.5 Å². The highest BCUT2D eigenvalue weighted by molar-refractivity contribution is 7.92. The Bertz CT molecular complexity index is 619. The first-order chi connectivity index (χ1) is 9.34. The fraction of sp³-hybridized carbons (Fsp3) is 0.500. The molecule has 0 bridgehead atoms. The number of nitrogens with zero attached hydrogens (tertiary/aromatic N) is 1. The summed E-state index contributed by atoms with van der Waals surface area (Å²) in [7, 11) is -3.67. The largest absolute Gasteiger partial charge is 0.399 e. The van der Waals surface area contributed by atoms with Crippen molar-refractivity contribution < 1.29 is 13.2 Å². The molecule has 2 N–H and O–H groups in total. The average Bonchev–Trinajstić information content (AvgIpc) is 2.90. The molecule has 0 spiro atoms. The molecule has 1 amide bonds. The molecule has 1 atom stereocenters. The average molecular weight is 296 g/mol. The van der Waals surface area contributed by atoms with Crippen molar-refractivity contribution in [1.82, 2.24) is 4.90 Å². The second kappa shape index (κ2) is 5.44. The van der Waals surface area contributed by atoms with E-state index in [0.29, 0.717) is 24.3 Å². The zero-order chi connectivity index (χ0) is 14.9. The van der Waals surface area contributed by atoms with E-state index in [1.807, 2.05) is 0 Å². The Balaban J connectivity index is 2.31. The van der Waals surface area contributed by atoms with E-state index in [0.717, 1.165) is 12.8 Å². The Hall–Kier alpha value is -1.56. The third-order valence-corrected chi connectivity index (χ3v) is 5.94. The molecule has 1 aromatic rings. The normalized spacial score (nSPS) is 17.2.